The molecular weight excluding hydrogens is 683 g/mol. The van der Waals surface area contributed by atoms with Gasteiger partial charge in [0, 0.05) is 45.6 Å². The van der Waals surface area contributed by atoms with Crippen LogP contribution in [0, 0.1) is 28.6 Å². The number of carbonyl (C=O) groups excluding carboxylic acids is 3. The third kappa shape index (κ3) is 4.44. The van der Waals surface area contributed by atoms with Gasteiger partial charge in [-0.15, -0.1) is 0 Å². The third-order valence-corrected chi connectivity index (χ3v) is 13.5. The highest BCUT2D eigenvalue weighted by molar-refractivity contribution is 6.01. The number of aromatic hydroxyl groups is 2. The summed E-state index contributed by atoms with van der Waals surface area (Å²) in [5.41, 5.74) is -3.89. The van der Waals surface area contributed by atoms with Crippen molar-refractivity contribution in [3.8, 4) is 23.0 Å². The molecule has 0 radical (unpaired) electrons. The van der Waals surface area contributed by atoms with Crippen LogP contribution in [0.15, 0.2) is 84.5 Å². The van der Waals surface area contributed by atoms with Crippen molar-refractivity contribution in [3.05, 3.63) is 107 Å². The zero-order valence-electron chi connectivity index (χ0n) is 29.5. The van der Waals surface area contributed by atoms with Gasteiger partial charge in [-0.25, -0.2) is 9.18 Å². The third-order valence-electron chi connectivity index (χ3n) is 13.5. The van der Waals surface area contributed by atoms with Gasteiger partial charge >= 0.3 is 5.97 Å². The van der Waals surface area contributed by atoms with Crippen molar-refractivity contribution in [2.45, 2.75) is 69.4 Å². The molecular formula is C42H41FO10. The lowest BCUT2D eigenvalue weighted by Crippen LogP contribution is -2.69. The number of esters is 1. The van der Waals surface area contributed by atoms with Gasteiger partial charge in [-0.05, 0) is 86.9 Å². The Morgan fingerprint density at radius 1 is 0.943 bits per heavy atom. The topological polar surface area (TPSA) is 171 Å². The van der Waals surface area contributed by atoms with Crippen LogP contribution in [-0.4, -0.2) is 67.0 Å². The Morgan fingerprint density at radius 3 is 2.23 bits per heavy atom. The van der Waals surface area contributed by atoms with Gasteiger partial charge in [0.25, 0.3) is 0 Å². The molecule has 0 aromatic heterocycles. The van der Waals surface area contributed by atoms with Crippen molar-refractivity contribution < 1.29 is 53.8 Å². The molecule has 5 N–H and O–H groups in total. The summed E-state index contributed by atoms with van der Waals surface area (Å²) in [5.74, 6) is -1.71. The predicted octanol–water partition coefficient (Wildman–Crippen LogP) is 5.56. The van der Waals surface area contributed by atoms with Crippen LogP contribution in [0.4, 0.5) is 4.39 Å². The first-order valence-corrected chi connectivity index (χ1v) is 17.9. The van der Waals surface area contributed by atoms with Crippen molar-refractivity contribution in [2.24, 2.45) is 28.6 Å². The van der Waals surface area contributed by atoms with Gasteiger partial charge in [-0.3, -0.25) is 9.59 Å². The monoisotopic (exact) mass is 724 g/mol. The van der Waals surface area contributed by atoms with E-state index in [0.29, 0.717) is 58.6 Å². The average Bonchev–Trinajstić information content (AvgIpc) is 3.52. The summed E-state index contributed by atoms with van der Waals surface area (Å²) in [4.78, 5) is 36.9. The number of halogens is 1. The van der Waals surface area contributed by atoms with Crippen molar-refractivity contribution >= 4 is 17.5 Å². The van der Waals surface area contributed by atoms with E-state index in [1.54, 1.807) is 51.1 Å². The number of benzene rings is 3. The minimum absolute atomic E-state index is 0.0371. The number of allylic oxidation sites excluding steroid dienone is 4. The molecule has 9 rings (SSSR count). The number of carbonyl (C=O) groups is 3. The highest BCUT2D eigenvalue weighted by Gasteiger charge is 2.75. The summed E-state index contributed by atoms with van der Waals surface area (Å²) in [6, 6.07) is 16.6. The van der Waals surface area contributed by atoms with Crippen LogP contribution in [0.2, 0.25) is 0 Å². The molecule has 1 spiro atoms. The molecule has 0 bridgehead atoms. The molecule has 4 aliphatic carbocycles. The van der Waals surface area contributed by atoms with Crippen molar-refractivity contribution in [1.82, 2.24) is 0 Å². The number of ketones is 2. The SMILES string of the molecule is C[C@@H]1C[C@H]2[C@@H]3CCC4=CC(=O)C=C[C@]4(C)[C@@]3(F)[C@@H](O)C[C@]2(C)[C@@]1(O)C(=O)CO.O=C1OC2(c3ccc(O)cc3Oc3cc(O)ccc32)c2ccccc21. The van der Waals surface area contributed by atoms with Crippen molar-refractivity contribution in [2.75, 3.05) is 6.61 Å². The number of fused-ring (bicyclic) bond motifs is 11. The van der Waals surface area contributed by atoms with E-state index in [9.17, 15) is 39.9 Å². The number of aliphatic hydroxyl groups is 3. The molecule has 11 heteroatoms. The van der Waals surface area contributed by atoms with E-state index in [1.807, 2.05) is 12.1 Å². The molecule has 53 heavy (non-hydrogen) atoms. The van der Waals surface area contributed by atoms with E-state index in [4.69, 9.17) is 9.47 Å². The Balaban J connectivity index is 0.000000152. The van der Waals surface area contributed by atoms with E-state index < -0.39 is 64.0 Å². The lowest BCUT2D eigenvalue weighted by Gasteiger charge is -2.62. The number of phenols is 2. The highest BCUT2D eigenvalue weighted by atomic mass is 19.1. The Bertz CT molecular complexity index is 2110. The number of hydrogen-bond acceptors (Lipinski definition) is 10. The first-order valence-electron chi connectivity index (χ1n) is 17.9. The molecule has 10 nitrogen and oxygen atoms in total. The number of hydrogen-bond donors (Lipinski definition) is 5. The van der Waals surface area contributed by atoms with Gasteiger partial charge in [0.15, 0.2) is 22.8 Å². The van der Waals surface area contributed by atoms with E-state index in [-0.39, 0.29) is 29.6 Å². The number of rotatable bonds is 2. The first-order chi connectivity index (χ1) is 25.1. The molecule has 0 amide bonds. The minimum atomic E-state index is -1.98. The molecule has 2 aliphatic heterocycles. The Morgan fingerprint density at radius 2 is 1.58 bits per heavy atom. The van der Waals surface area contributed by atoms with Crippen LogP contribution in [0.25, 0.3) is 0 Å². The molecule has 276 valence electrons. The van der Waals surface area contributed by atoms with Crippen LogP contribution in [-0.2, 0) is 19.9 Å². The predicted molar refractivity (Wildman–Crippen MR) is 188 cm³/mol. The standard InChI is InChI=1S/C22H29FO5.C20H12O5/c1-12-8-16-15-5-4-13-9-14(25)6-7-19(13,2)21(15,23)17(26)10-20(16,3)22(12,28)18(27)11-24;21-11-5-7-15-17(9-11)24-18-10-12(22)6-8-16(18)20(15)14-4-2-1-3-13(14)19(23)25-20/h6-7,9,12,15-17,24,26,28H,4-5,8,10-11H2,1-3H3;1-10,21-22H/t12-,15+,16+,17+,19+,20+,21+,22+;/m1./s1. The summed E-state index contributed by atoms with van der Waals surface area (Å²) >= 11 is 0. The Kier molecular flexibility index (Phi) is 7.69. The van der Waals surface area contributed by atoms with E-state index in [0.717, 1.165) is 0 Å². The molecule has 3 aromatic carbocycles. The van der Waals surface area contributed by atoms with Crippen LogP contribution in [0.5, 0.6) is 23.0 Å². The lowest BCUT2D eigenvalue weighted by atomic mass is 9.44. The number of alkyl halides is 1. The average molecular weight is 725 g/mol. The van der Waals surface area contributed by atoms with E-state index in [2.05, 4.69) is 0 Å². The van der Waals surface area contributed by atoms with Gasteiger partial charge in [-0.2, -0.15) is 0 Å². The fourth-order valence-electron chi connectivity index (χ4n) is 10.9. The summed E-state index contributed by atoms with van der Waals surface area (Å²) in [6.45, 7) is 4.48. The van der Waals surface area contributed by atoms with E-state index in [1.165, 1.54) is 36.4 Å². The first kappa shape index (κ1) is 35.2. The zero-order chi connectivity index (χ0) is 37.9. The van der Waals surface area contributed by atoms with Gasteiger partial charge in [-0.1, -0.05) is 43.7 Å². The number of ether oxygens (including phenoxy) is 2. The number of aliphatic hydroxyl groups excluding tert-OH is 2. The summed E-state index contributed by atoms with van der Waals surface area (Å²) in [6.07, 6.45) is 4.44. The van der Waals surface area contributed by atoms with Gasteiger partial charge in [0.05, 0.1) is 11.7 Å². The summed E-state index contributed by atoms with van der Waals surface area (Å²) in [7, 11) is 0. The van der Waals surface area contributed by atoms with Gasteiger partial charge in [0.2, 0.25) is 0 Å². The van der Waals surface area contributed by atoms with Crippen molar-refractivity contribution in [1.29, 1.82) is 0 Å². The maximum absolute atomic E-state index is 16.9. The quantitative estimate of drug-likeness (QED) is 0.211. The normalized spacial score (nSPS) is 35.2. The molecule has 3 saturated carbocycles. The molecule has 0 unspecified atom stereocenters. The van der Waals surface area contributed by atoms with Crippen molar-refractivity contribution in [3.63, 3.8) is 0 Å². The second-order valence-electron chi connectivity index (χ2n) is 15.8. The van der Waals surface area contributed by atoms with Crippen LogP contribution >= 0.6 is 0 Å². The van der Waals surface area contributed by atoms with Crippen LogP contribution in [0.1, 0.15) is 73.5 Å². The smallest absolute Gasteiger partial charge is 0.340 e. The van der Waals surface area contributed by atoms with Gasteiger partial charge in [0.1, 0.15) is 35.2 Å². The fourth-order valence-corrected chi connectivity index (χ4v) is 10.9. The zero-order valence-corrected chi connectivity index (χ0v) is 29.5. The second-order valence-corrected chi connectivity index (χ2v) is 15.8. The van der Waals surface area contributed by atoms with Gasteiger partial charge < -0.3 is 35.0 Å². The Labute approximate surface area is 305 Å². The second kappa shape index (κ2) is 11.6. The molecule has 6 aliphatic rings. The van der Waals surface area contributed by atoms with E-state index >= 15 is 4.39 Å². The molecule has 0 saturated heterocycles. The minimum Gasteiger partial charge on any atom is -0.508 e. The molecule has 3 fully saturated rings. The Hall–Kier alpha value is -4.84. The highest BCUT2D eigenvalue weighted by Crippen LogP contribution is 2.70. The summed E-state index contributed by atoms with van der Waals surface area (Å²) in [5, 5.41) is 51.6. The molecule has 3 aromatic rings. The summed E-state index contributed by atoms with van der Waals surface area (Å²) < 4.78 is 28.6. The number of phenolic OH excluding ortho intramolecular Hbond substituents is 2. The maximum Gasteiger partial charge on any atom is 0.340 e. The molecule has 2 heterocycles. The lowest BCUT2D eigenvalue weighted by molar-refractivity contribution is -0.219. The fraction of sp³-hybridized carbons (Fsp3) is 0.405. The maximum atomic E-state index is 16.9. The molecule has 8 atom stereocenters. The number of Topliss-reactive ketones (excluding diaryl/α,β-unsaturated/α-hetero) is 1. The van der Waals surface area contributed by atoms with Crippen LogP contribution < -0.4 is 4.74 Å². The largest absolute Gasteiger partial charge is 0.508 e. The van der Waals surface area contributed by atoms with Crippen LogP contribution in [0.3, 0.4) is 0 Å².